The van der Waals surface area contributed by atoms with Crippen molar-refractivity contribution in [1.82, 2.24) is 0 Å². The van der Waals surface area contributed by atoms with Gasteiger partial charge in [-0.15, -0.1) is 0 Å². The summed E-state index contributed by atoms with van der Waals surface area (Å²) in [5.41, 5.74) is -0.204. The van der Waals surface area contributed by atoms with Crippen molar-refractivity contribution in [3.63, 3.8) is 0 Å². The summed E-state index contributed by atoms with van der Waals surface area (Å²) < 4.78 is 5.18. The van der Waals surface area contributed by atoms with Gasteiger partial charge < -0.3 is 14.9 Å². The molecular formula is C22H20O4. The van der Waals surface area contributed by atoms with Gasteiger partial charge in [0.15, 0.2) is 0 Å². The highest BCUT2D eigenvalue weighted by molar-refractivity contribution is 5.79. The number of benzene rings is 3. The molecule has 4 heteroatoms. The number of aliphatic carboxylic acids is 1. The maximum atomic E-state index is 12.2. The summed E-state index contributed by atoms with van der Waals surface area (Å²) in [4.78, 5) is 12.2. The molecule has 0 fully saturated rings. The predicted octanol–water partition coefficient (Wildman–Crippen LogP) is 3.80. The summed E-state index contributed by atoms with van der Waals surface area (Å²) in [7, 11) is 1.56. The van der Waals surface area contributed by atoms with E-state index in [1.54, 1.807) is 79.9 Å². The lowest BCUT2D eigenvalue weighted by Gasteiger charge is -2.35. The molecule has 2 atom stereocenters. The number of ether oxygens (including phenoxy) is 1. The summed E-state index contributed by atoms with van der Waals surface area (Å²) in [6.07, 6.45) is 0. The van der Waals surface area contributed by atoms with Crippen molar-refractivity contribution >= 4 is 5.97 Å². The van der Waals surface area contributed by atoms with E-state index in [4.69, 9.17) is 4.74 Å². The molecule has 0 amide bonds. The van der Waals surface area contributed by atoms with E-state index in [0.29, 0.717) is 22.4 Å². The second kappa shape index (κ2) is 7.42. The van der Waals surface area contributed by atoms with Crippen molar-refractivity contribution in [3.05, 3.63) is 102 Å². The lowest BCUT2D eigenvalue weighted by molar-refractivity contribution is -0.144. The highest BCUT2D eigenvalue weighted by Gasteiger charge is 2.45. The number of rotatable bonds is 6. The van der Waals surface area contributed by atoms with Gasteiger partial charge in [0.2, 0.25) is 0 Å². The monoisotopic (exact) mass is 348 g/mol. The first kappa shape index (κ1) is 17.7. The highest BCUT2D eigenvalue weighted by Crippen LogP contribution is 2.43. The summed E-state index contributed by atoms with van der Waals surface area (Å²) in [5, 5.41) is 21.8. The van der Waals surface area contributed by atoms with Gasteiger partial charge in [-0.1, -0.05) is 72.8 Å². The first-order valence-electron chi connectivity index (χ1n) is 8.27. The average Bonchev–Trinajstić information content (AvgIpc) is 2.69. The van der Waals surface area contributed by atoms with Crippen LogP contribution < -0.4 is 4.74 Å². The minimum absolute atomic E-state index is 0.487. The number of hydrogen-bond donors (Lipinski definition) is 2. The number of carboxylic acids is 1. The quantitative estimate of drug-likeness (QED) is 0.711. The molecule has 0 saturated carbocycles. The topological polar surface area (TPSA) is 66.8 Å². The summed E-state index contributed by atoms with van der Waals surface area (Å²) >= 11 is 0. The zero-order valence-corrected chi connectivity index (χ0v) is 14.4. The molecule has 0 unspecified atom stereocenters. The maximum Gasteiger partial charge on any atom is 0.314 e. The Balaban J connectivity index is 2.24. The molecule has 3 aromatic rings. The summed E-state index contributed by atoms with van der Waals surface area (Å²) in [6.45, 7) is 0. The lowest BCUT2D eigenvalue weighted by Crippen LogP contribution is -2.39. The molecule has 0 bridgehead atoms. The Morgan fingerprint density at radius 3 is 1.85 bits per heavy atom. The van der Waals surface area contributed by atoms with Crippen LogP contribution in [0.2, 0.25) is 0 Å². The second-order valence-corrected chi connectivity index (χ2v) is 6.04. The SMILES string of the molecule is COc1ccc([C@@](O)(c2ccccc2)[C@H](C(=O)O)c2ccccc2)cc1. The Morgan fingerprint density at radius 1 is 0.846 bits per heavy atom. The Kier molecular flexibility index (Phi) is 5.05. The summed E-state index contributed by atoms with van der Waals surface area (Å²) in [5.74, 6) is -1.63. The minimum atomic E-state index is -1.74. The van der Waals surface area contributed by atoms with Crippen LogP contribution in [0, 0.1) is 0 Å². The largest absolute Gasteiger partial charge is 0.497 e. The van der Waals surface area contributed by atoms with E-state index in [1.807, 2.05) is 12.1 Å². The van der Waals surface area contributed by atoms with Crippen molar-refractivity contribution in [2.45, 2.75) is 11.5 Å². The number of hydrogen-bond acceptors (Lipinski definition) is 3. The summed E-state index contributed by atoms with van der Waals surface area (Å²) in [6, 6.07) is 24.5. The molecule has 0 aliphatic carbocycles. The smallest absolute Gasteiger partial charge is 0.314 e. The zero-order chi connectivity index (χ0) is 18.6. The molecule has 2 N–H and O–H groups in total. The van der Waals surface area contributed by atoms with Crippen LogP contribution in [-0.4, -0.2) is 23.3 Å². The second-order valence-electron chi connectivity index (χ2n) is 6.04. The Hall–Kier alpha value is -3.11. The van der Waals surface area contributed by atoms with Crippen LogP contribution >= 0.6 is 0 Å². The van der Waals surface area contributed by atoms with Gasteiger partial charge in [0.25, 0.3) is 0 Å². The zero-order valence-electron chi connectivity index (χ0n) is 14.4. The molecule has 0 aliphatic rings. The van der Waals surface area contributed by atoms with Gasteiger partial charge in [0, 0.05) is 0 Å². The number of carboxylic acid groups (broad SMARTS) is 1. The van der Waals surface area contributed by atoms with Gasteiger partial charge in [0.1, 0.15) is 17.3 Å². The average molecular weight is 348 g/mol. The molecule has 0 spiro atoms. The van der Waals surface area contributed by atoms with Crippen molar-refractivity contribution in [3.8, 4) is 5.75 Å². The van der Waals surface area contributed by atoms with E-state index in [0.717, 1.165) is 0 Å². The van der Waals surface area contributed by atoms with E-state index in [2.05, 4.69) is 0 Å². The lowest BCUT2D eigenvalue weighted by atomic mass is 9.73. The Labute approximate surface area is 152 Å². The van der Waals surface area contributed by atoms with Crippen molar-refractivity contribution in [1.29, 1.82) is 0 Å². The minimum Gasteiger partial charge on any atom is -0.497 e. The van der Waals surface area contributed by atoms with Crippen LogP contribution in [0.3, 0.4) is 0 Å². The first-order chi connectivity index (χ1) is 12.6. The number of carbonyl (C=O) groups is 1. The van der Waals surface area contributed by atoms with Gasteiger partial charge in [-0.2, -0.15) is 0 Å². The van der Waals surface area contributed by atoms with Crippen molar-refractivity contribution in [2.24, 2.45) is 0 Å². The van der Waals surface area contributed by atoms with Crippen LogP contribution in [0.4, 0.5) is 0 Å². The van der Waals surface area contributed by atoms with E-state index in [1.165, 1.54) is 0 Å². The first-order valence-corrected chi connectivity index (χ1v) is 8.27. The third kappa shape index (κ3) is 3.19. The number of methoxy groups -OCH3 is 1. The third-order valence-electron chi connectivity index (χ3n) is 4.54. The van der Waals surface area contributed by atoms with Gasteiger partial charge in [-0.3, -0.25) is 4.79 Å². The Bertz CT molecular complexity index is 860. The molecule has 3 aromatic carbocycles. The molecule has 3 rings (SSSR count). The fraction of sp³-hybridized carbons (Fsp3) is 0.136. The fourth-order valence-corrected chi connectivity index (χ4v) is 3.25. The van der Waals surface area contributed by atoms with E-state index < -0.39 is 17.5 Å². The van der Waals surface area contributed by atoms with Crippen LogP contribution in [-0.2, 0) is 10.4 Å². The van der Waals surface area contributed by atoms with Gasteiger partial charge in [-0.25, -0.2) is 0 Å². The van der Waals surface area contributed by atoms with Gasteiger partial charge >= 0.3 is 5.97 Å². The molecule has 132 valence electrons. The highest BCUT2D eigenvalue weighted by atomic mass is 16.5. The van der Waals surface area contributed by atoms with Crippen LogP contribution in [0.25, 0.3) is 0 Å². The van der Waals surface area contributed by atoms with E-state index in [9.17, 15) is 15.0 Å². The normalized spacial score (nSPS) is 14.2. The van der Waals surface area contributed by atoms with E-state index in [-0.39, 0.29) is 0 Å². The van der Waals surface area contributed by atoms with Gasteiger partial charge in [0.05, 0.1) is 7.11 Å². The fourth-order valence-electron chi connectivity index (χ4n) is 3.25. The van der Waals surface area contributed by atoms with Gasteiger partial charge in [-0.05, 0) is 28.8 Å². The van der Waals surface area contributed by atoms with Crippen LogP contribution in [0.5, 0.6) is 5.75 Å². The molecule has 26 heavy (non-hydrogen) atoms. The Morgan fingerprint density at radius 2 is 1.35 bits per heavy atom. The van der Waals surface area contributed by atoms with E-state index >= 15 is 0 Å². The van der Waals surface area contributed by atoms with Crippen LogP contribution in [0.15, 0.2) is 84.9 Å². The van der Waals surface area contributed by atoms with Crippen LogP contribution in [0.1, 0.15) is 22.6 Å². The standard InChI is InChI=1S/C22H20O4/c1-26-19-14-12-18(13-15-19)22(25,17-10-6-3-7-11-17)20(21(23)24)16-8-4-2-5-9-16/h2-15,20,25H,1H3,(H,23,24)/t20-,22-/m0/s1. The molecule has 0 aliphatic heterocycles. The molecule has 0 heterocycles. The molecule has 0 aromatic heterocycles. The van der Waals surface area contributed by atoms with Crippen molar-refractivity contribution < 1.29 is 19.7 Å². The predicted molar refractivity (Wildman–Crippen MR) is 99.3 cm³/mol. The third-order valence-corrected chi connectivity index (χ3v) is 4.54. The molecule has 0 saturated heterocycles. The molecular weight excluding hydrogens is 328 g/mol. The van der Waals surface area contributed by atoms with Crippen molar-refractivity contribution in [2.75, 3.05) is 7.11 Å². The molecule has 4 nitrogen and oxygen atoms in total. The molecule has 0 radical (unpaired) electrons. The number of aliphatic hydroxyl groups is 1. The maximum absolute atomic E-state index is 12.2.